The van der Waals surface area contributed by atoms with Gasteiger partial charge in [-0.15, -0.1) is 0 Å². The summed E-state index contributed by atoms with van der Waals surface area (Å²) in [6.45, 7) is 2.19. The molecule has 1 N–H and O–H groups in total. The molecule has 4 rings (SSSR count). The fraction of sp³-hybridized carbons (Fsp3) is 0.190. The van der Waals surface area contributed by atoms with Crippen LogP contribution in [0.3, 0.4) is 0 Å². The Morgan fingerprint density at radius 3 is 2.73 bits per heavy atom. The Labute approximate surface area is 186 Å². The molecule has 1 atom stereocenters. The average molecular weight is 450 g/mol. The van der Waals surface area contributed by atoms with Gasteiger partial charge in [0.05, 0.1) is 17.0 Å². The summed E-state index contributed by atoms with van der Waals surface area (Å²) in [6, 6.07) is 9.21. The van der Waals surface area contributed by atoms with E-state index in [9.17, 15) is 24.5 Å². The van der Waals surface area contributed by atoms with Crippen LogP contribution in [0.2, 0.25) is 0 Å². The minimum Gasteiger partial charge on any atom is -0.492 e. The summed E-state index contributed by atoms with van der Waals surface area (Å²) < 4.78 is 7.26. The van der Waals surface area contributed by atoms with E-state index in [2.05, 4.69) is 15.4 Å². The number of imide groups is 1. The lowest BCUT2D eigenvalue weighted by atomic mass is 10.1. The standard InChI is InChI=1S/C21H18N6O6/c1-13(26-20(29)16-6-3-7-17(27(31)32)18(16)21(26)30)19(28)24-14-4-2-5-15(10-14)33-9-8-25-12-22-11-23-25/h2-7,10-13H,8-9H2,1H3,(H,24,28). The first-order valence-electron chi connectivity index (χ1n) is 9.88. The number of nitrogens with one attached hydrogen (secondary N) is 1. The normalized spacial score (nSPS) is 13.5. The molecule has 33 heavy (non-hydrogen) atoms. The molecule has 0 bridgehead atoms. The minimum atomic E-state index is -1.20. The third-order valence-corrected chi connectivity index (χ3v) is 5.05. The van der Waals surface area contributed by atoms with Gasteiger partial charge in [0, 0.05) is 17.8 Å². The van der Waals surface area contributed by atoms with Gasteiger partial charge < -0.3 is 10.1 Å². The number of ether oxygens (including phenoxy) is 1. The maximum Gasteiger partial charge on any atom is 0.282 e. The molecule has 12 heteroatoms. The number of hydrogen-bond acceptors (Lipinski definition) is 8. The molecule has 2 aromatic carbocycles. The molecule has 2 heterocycles. The van der Waals surface area contributed by atoms with Crippen LogP contribution in [-0.4, -0.2) is 55.0 Å². The summed E-state index contributed by atoms with van der Waals surface area (Å²) in [5.41, 5.74) is -0.490. The van der Waals surface area contributed by atoms with Crippen molar-refractivity contribution in [2.24, 2.45) is 0 Å². The number of rotatable bonds is 8. The summed E-state index contributed by atoms with van der Waals surface area (Å²) >= 11 is 0. The van der Waals surface area contributed by atoms with Crippen molar-refractivity contribution in [3.8, 4) is 5.75 Å². The zero-order valence-electron chi connectivity index (χ0n) is 17.4. The van der Waals surface area contributed by atoms with Gasteiger partial charge in [0.15, 0.2) is 0 Å². The second-order valence-electron chi connectivity index (χ2n) is 7.14. The van der Waals surface area contributed by atoms with Crippen LogP contribution in [0.1, 0.15) is 27.6 Å². The lowest BCUT2D eigenvalue weighted by Gasteiger charge is -2.21. The molecule has 3 amide bonds. The highest BCUT2D eigenvalue weighted by Gasteiger charge is 2.44. The molecular weight excluding hydrogens is 432 g/mol. The molecule has 3 aromatic rings. The number of amides is 3. The molecule has 1 aliphatic heterocycles. The van der Waals surface area contributed by atoms with E-state index >= 15 is 0 Å². The van der Waals surface area contributed by atoms with Crippen LogP contribution in [0, 0.1) is 10.1 Å². The Hall–Kier alpha value is -4.61. The van der Waals surface area contributed by atoms with Gasteiger partial charge >= 0.3 is 0 Å². The number of aromatic nitrogens is 3. The van der Waals surface area contributed by atoms with Crippen molar-refractivity contribution >= 4 is 29.1 Å². The molecule has 1 aliphatic rings. The first kappa shape index (κ1) is 21.6. The second kappa shape index (κ2) is 8.86. The van der Waals surface area contributed by atoms with Crippen molar-refractivity contribution in [1.82, 2.24) is 19.7 Å². The van der Waals surface area contributed by atoms with Gasteiger partial charge in [0.2, 0.25) is 5.91 Å². The van der Waals surface area contributed by atoms with E-state index in [0.29, 0.717) is 24.6 Å². The van der Waals surface area contributed by atoms with Crippen LogP contribution in [0.5, 0.6) is 5.75 Å². The number of benzene rings is 2. The molecule has 1 aromatic heterocycles. The molecule has 0 spiro atoms. The first-order chi connectivity index (χ1) is 15.9. The van der Waals surface area contributed by atoms with Crippen molar-refractivity contribution in [1.29, 1.82) is 0 Å². The van der Waals surface area contributed by atoms with Gasteiger partial charge in [-0.25, -0.2) is 9.67 Å². The van der Waals surface area contributed by atoms with Crippen LogP contribution >= 0.6 is 0 Å². The van der Waals surface area contributed by atoms with E-state index in [1.54, 1.807) is 35.3 Å². The van der Waals surface area contributed by atoms with Gasteiger partial charge in [-0.2, -0.15) is 5.10 Å². The number of carbonyl (C=O) groups is 3. The highest BCUT2D eigenvalue weighted by molar-refractivity contribution is 6.24. The third-order valence-electron chi connectivity index (χ3n) is 5.05. The maximum absolute atomic E-state index is 12.8. The molecule has 0 fully saturated rings. The highest BCUT2D eigenvalue weighted by Crippen LogP contribution is 2.32. The fourth-order valence-corrected chi connectivity index (χ4v) is 3.42. The zero-order chi connectivity index (χ0) is 23.5. The van der Waals surface area contributed by atoms with Crippen LogP contribution < -0.4 is 10.1 Å². The van der Waals surface area contributed by atoms with Crippen molar-refractivity contribution in [2.75, 3.05) is 11.9 Å². The molecular formula is C21H18N6O6. The number of nitro benzene ring substituents is 1. The smallest absolute Gasteiger partial charge is 0.282 e. The fourth-order valence-electron chi connectivity index (χ4n) is 3.42. The Morgan fingerprint density at radius 2 is 2.00 bits per heavy atom. The lowest BCUT2D eigenvalue weighted by molar-refractivity contribution is -0.385. The van der Waals surface area contributed by atoms with Crippen LogP contribution in [0.25, 0.3) is 0 Å². The number of nitro groups is 1. The molecule has 0 radical (unpaired) electrons. The van der Waals surface area contributed by atoms with Crippen LogP contribution in [-0.2, 0) is 11.3 Å². The van der Waals surface area contributed by atoms with E-state index in [1.165, 1.54) is 25.4 Å². The second-order valence-corrected chi connectivity index (χ2v) is 7.14. The van der Waals surface area contributed by atoms with E-state index in [0.717, 1.165) is 11.0 Å². The molecule has 12 nitrogen and oxygen atoms in total. The van der Waals surface area contributed by atoms with Gasteiger partial charge in [-0.1, -0.05) is 12.1 Å². The van der Waals surface area contributed by atoms with Crippen molar-refractivity contribution < 1.29 is 24.0 Å². The predicted molar refractivity (Wildman–Crippen MR) is 114 cm³/mol. The molecule has 1 unspecified atom stereocenters. The Balaban J connectivity index is 1.44. The monoisotopic (exact) mass is 450 g/mol. The molecule has 0 aliphatic carbocycles. The van der Waals surface area contributed by atoms with Gasteiger partial charge in [-0.05, 0) is 25.1 Å². The topological polar surface area (TPSA) is 150 Å². The number of hydrogen-bond donors (Lipinski definition) is 1. The Kier molecular flexibility index (Phi) is 5.81. The first-order valence-corrected chi connectivity index (χ1v) is 9.88. The van der Waals surface area contributed by atoms with Gasteiger partial charge in [-0.3, -0.25) is 29.4 Å². The van der Waals surface area contributed by atoms with Crippen molar-refractivity contribution in [3.63, 3.8) is 0 Å². The summed E-state index contributed by atoms with van der Waals surface area (Å²) in [4.78, 5) is 53.4. The summed E-state index contributed by atoms with van der Waals surface area (Å²) in [5.74, 6) is -1.77. The van der Waals surface area contributed by atoms with Crippen molar-refractivity contribution in [3.05, 3.63) is 76.4 Å². The average Bonchev–Trinajstić information content (AvgIpc) is 3.40. The van der Waals surface area contributed by atoms with E-state index in [4.69, 9.17) is 4.74 Å². The van der Waals surface area contributed by atoms with Gasteiger partial charge in [0.25, 0.3) is 17.5 Å². The Morgan fingerprint density at radius 1 is 1.21 bits per heavy atom. The summed E-state index contributed by atoms with van der Waals surface area (Å²) in [6.07, 6.45) is 2.99. The van der Waals surface area contributed by atoms with Crippen molar-refractivity contribution in [2.45, 2.75) is 19.5 Å². The van der Waals surface area contributed by atoms with Gasteiger partial charge in [0.1, 0.15) is 36.6 Å². The van der Waals surface area contributed by atoms with Crippen LogP contribution in [0.15, 0.2) is 55.1 Å². The minimum absolute atomic E-state index is 0.100. The maximum atomic E-state index is 12.8. The van der Waals surface area contributed by atoms with Crippen LogP contribution in [0.4, 0.5) is 11.4 Å². The number of carbonyl (C=O) groups excluding carboxylic acids is 3. The SMILES string of the molecule is CC(C(=O)Nc1cccc(OCCn2cncn2)c1)N1C(=O)c2cccc([N+](=O)[O-])c2C1=O. The van der Waals surface area contributed by atoms with E-state index in [1.807, 2.05) is 0 Å². The Bertz CT molecular complexity index is 1240. The zero-order valence-corrected chi connectivity index (χ0v) is 17.4. The van der Waals surface area contributed by atoms with E-state index in [-0.39, 0.29) is 11.1 Å². The quantitative estimate of drug-likeness (QED) is 0.311. The summed E-state index contributed by atoms with van der Waals surface area (Å²) in [5, 5.41) is 17.9. The highest BCUT2D eigenvalue weighted by atomic mass is 16.6. The lowest BCUT2D eigenvalue weighted by Crippen LogP contribution is -2.45. The molecule has 0 saturated carbocycles. The molecule has 168 valence electrons. The number of nitrogens with zero attached hydrogens (tertiary/aromatic N) is 5. The predicted octanol–water partition coefficient (Wildman–Crippen LogP) is 1.89. The van der Waals surface area contributed by atoms with E-state index < -0.39 is 34.4 Å². The molecule has 0 saturated heterocycles. The largest absolute Gasteiger partial charge is 0.492 e. The third kappa shape index (κ3) is 4.26. The number of fused-ring (bicyclic) bond motifs is 1. The summed E-state index contributed by atoms with van der Waals surface area (Å²) in [7, 11) is 0. The number of anilines is 1.